The summed E-state index contributed by atoms with van der Waals surface area (Å²) in [5.41, 5.74) is 9.65. The molecule has 8 heteroatoms. The zero-order valence-corrected chi connectivity index (χ0v) is 19.0. The third-order valence-electron chi connectivity index (χ3n) is 5.25. The smallest absolute Gasteiger partial charge is 0.249 e. The first-order valence-electron chi connectivity index (χ1n) is 10.5. The number of benzene rings is 1. The molecule has 170 valence electrons. The van der Waals surface area contributed by atoms with Crippen molar-refractivity contribution < 1.29 is 9.18 Å². The maximum absolute atomic E-state index is 14.2. The molecule has 2 rings (SSSR count). The molecule has 1 heterocycles. The second-order valence-electron chi connectivity index (χ2n) is 8.03. The zero-order chi connectivity index (χ0) is 23.0. The summed E-state index contributed by atoms with van der Waals surface area (Å²) in [6, 6.07) is 4.30. The van der Waals surface area contributed by atoms with Gasteiger partial charge in [-0.2, -0.15) is 0 Å². The first-order chi connectivity index (χ1) is 14.8. The number of amides is 1. The average Bonchev–Trinajstić information content (AvgIpc) is 2.72. The van der Waals surface area contributed by atoms with E-state index in [4.69, 9.17) is 5.73 Å². The van der Waals surface area contributed by atoms with Gasteiger partial charge in [0, 0.05) is 32.4 Å². The van der Waals surface area contributed by atoms with E-state index < -0.39 is 6.04 Å². The van der Waals surface area contributed by atoms with E-state index in [1.807, 2.05) is 26.2 Å². The van der Waals surface area contributed by atoms with Crippen molar-refractivity contribution in [2.24, 2.45) is 11.7 Å². The Balaban J connectivity index is 2.14. The van der Waals surface area contributed by atoms with Crippen LogP contribution in [-0.2, 0) is 11.3 Å². The third kappa shape index (κ3) is 6.75. The van der Waals surface area contributed by atoms with Crippen molar-refractivity contribution in [3.63, 3.8) is 0 Å². The van der Waals surface area contributed by atoms with Gasteiger partial charge in [-0.15, -0.1) is 0 Å². The van der Waals surface area contributed by atoms with Gasteiger partial charge >= 0.3 is 0 Å². The number of dihydropyridines is 1. The fourth-order valence-electron chi connectivity index (χ4n) is 3.19. The third-order valence-corrected chi connectivity index (χ3v) is 5.25. The number of hydrogen-bond acceptors (Lipinski definition) is 6. The zero-order valence-electron chi connectivity index (χ0n) is 19.0. The number of rotatable bonds is 10. The lowest BCUT2D eigenvalue weighted by molar-refractivity contribution is -0.122. The van der Waals surface area contributed by atoms with Crippen LogP contribution in [0.4, 0.5) is 4.39 Å². The summed E-state index contributed by atoms with van der Waals surface area (Å²) in [6.45, 7) is 7.03. The van der Waals surface area contributed by atoms with Gasteiger partial charge < -0.3 is 32.3 Å². The highest BCUT2D eigenvalue weighted by Gasteiger charge is 2.27. The van der Waals surface area contributed by atoms with Crippen molar-refractivity contribution in [3.8, 4) is 0 Å². The minimum Gasteiger partial charge on any atom is -0.397 e. The summed E-state index contributed by atoms with van der Waals surface area (Å²) in [7, 11) is 3.63. The topological polar surface area (TPSA) is 103 Å². The molecule has 1 aliphatic rings. The monoisotopic (exact) mass is 430 g/mol. The van der Waals surface area contributed by atoms with Crippen LogP contribution in [0.3, 0.4) is 0 Å². The second-order valence-corrected chi connectivity index (χ2v) is 8.03. The van der Waals surface area contributed by atoms with E-state index in [1.165, 1.54) is 12.1 Å². The molecule has 0 aromatic heterocycles. The van der Waals surface area contributed by atoms with Crippen molar-refractivity contribution >= 4 is 11.5 Å². The Kier molecular flexibility index (Phi) is 8.93. The molecule has 0 aliphatic carbocycles. The number of nitrogens with one attached hydrogen (secondary N) is 5. The van der Waals surface area contributed by atoms with Crippen LogP contribution < -0.4 is 32.3 Å². The fourth-order valence-corrected chi connectivity index (χ4v) is 3.19. The molecule has 1 amide bonds. The van der Waals surface area contributed by atoms with Crippen LogP contribution >= 0.6 is 0 Å². The molecule has 31 heavy (non-hydrogen) atoms. The Bertz CT molecular complexity index is 862. The highest BCUT2D eigenvalue weighted by molar-refractivity contribution is 5.85. The summed E-state index contributed by atoms with van der Waals surface area (Å²) in [6.07, 6.45) is 5.22. The standard InChI is InChI=1S/C23H35FN6O/c1-14(2)15(3)30-21-20(25)6-7-28-22(21)23(31)29-11-16-8-17(10-19(24)9-16)18(12-26-4)13-27-5/h6-10,12,14-15,22,26-28,30H,11,13,25H2,1-5H3,(H,29,31)/b18-12+. The Morgan fingerprint density at radius 1 is 1.26 bits per heavy atom. The molecule has 2 unspecified atom stereocenters. The number of hydrogen-bond donors (Lipinski definition) is 6. The van der Waals surface area contributed by atoms with Crippen molar-refractivity contribution in [2.75, 3.05) is 20.6 Å². The minimum absolute atomic E-state index is 0.146. The van der Waals surface area contributed by atoms with Gasteiger partial charge in [0.15, 0.2) is 0 Å². The van der Waals surface area contributed by atoms with Crippen LogP contribution in [0.5, 0.6) is 0 Å². The Morgan fingerprint density at radius 2 is 2.00 bits per heavy atom. The first-order valence-corrected chi connectivity index (χ1v) is 10.5. The lowest BCUT2D eigenvalue weighted by atomic mass is 10.0. The van der Waals surface area contributed by atoms with E-state index in [0.29, 0.717) is 29.4 Å². The van der Waals surface area contributed by atoms with Crippen molar-refractivity contribution in [3.05, 3.63) is 65.0 Å². The second kappa shape index (κ2) is 11.4. The summed E-state index contributed by atoms with van der Waals surface area (Å²) in [5, 5.41) is 15.4. The highest BCUT2D eigenvalue weighted by atomic mass is 19.1. The van der Waals surface area contributed by atoms with Crippen LogP contribution in [0.15, 0.2) is 48.1 Å². The highest BCUT2D eigenvalue weighted by Crippen LogP contribution is 2.18. The van der Waals surface area contributed by atoms with Crippen LogP contribution in [0.25, 0.3) is 5.57 Å². The van der Waals surface area contributed by atoms with E-state index in [9.17, 15) is 9.18 Å². The molecular formula is C23H35FN6O. The number of nitrogens with two attached hydrogens (primary N) is 1. The maximum Gasteiger partial charge on any atom is 0.249 e. The molecule has 1 aromatic carbocycles. The molecule has 0 spiro atoms. The average molecular weight is 431 g/mol. The first kappa shape index (κ1) is 24.3. The molecule has 0 saturated carbocycles. The van der Waals surface area contributed by atoms with E-state index in [2.05, 4.69) is 40.4 Å². The number of carbonyl (C=O) groups is 1. The molecule has 0 radical (unpaired) electrons. The normalized spacial score (nSPS) is 17.4. The Labute approximate surface area is 184 Å². The number of halogens is 1. The van der Waals surface area contributed by atoms with Gasteiger partial charge in [0.2, 0.25) is 5.91 Å². The molecular weight excluding hydrogens is 395 g/mol. The quantitative estimate of drug-likeness (QED) is 0.336. The summed E-state index contributed by atoms with van der Waals surface area (Å²) < 4.78 is 14.2. The van der Waals surface area contributed by atoms with Gasteiger partial charge in [0.05, 0.1) is 11.4 Å². The lowest BCUT2D eigenvalue weighted by Crippen LogP contribution is -2.50. The lowest BCUT2D eigenvalue weighted by Gasteiger charge is -2.29. The molecule has 2 atom stereocenters. The molecule has 1 aliphatic heterocycles. The van der Waals surface area contributed by atoms with E-state index in [-0.39, 0.29) is 24.3 Å². The SMILES string of the molecule is CN/C=C(\CNC)c1cc(F)cc(CNC(=O)C2NC=CC(N)=C2NC(C)C(C)C)c1. The predicted octanol–water partition coefficient (Wildman–Crippen LogP) is 1.51. The van der Waals surface area contributed by atoms with E-state index in [1.54, 1.807) is 19.3 Å². The van der Waals surface area contributed by atoms with Gasteiger partial charge in [-0.1, -0.05) is 13.8 Å². The Morgan fingerprint density at radius 3 is 2.65 bits per heavy atom. The summed E-state index contributed by atoms with van der Waals surface area (Å²) in [4.78, 5) is 12.9. The van der Waals surface area contributed by atoms with Gasteiger partial charge in [0.25, 0.3) is 0 Å². The van der Waals surface area contributed by atoms with Crippen molar-refractivity contribution in [1.29, 1.82) is 0 Å². The van der Waals surface area contributed by atoms with Gasteiger partial charge in [-0.25, -0.2) is 4.39 Å². The van der Waals surface area contributed by atoms with Crippen molar-refractivity contribution in [1.82, 2.24) is 26.6 Å². The summed E-state index contributed by atoms with van der Waals surface area (Å²) >= 11 is 0. The number of allylic oxidation sites excluding steroid dienone is 1. The summed E-state index contributed by atoms with van der Waals surface area (Å²) in [5.74, 6) is -0.216. The molecule has 0 fully saturated rings. The van der Waals surface area contributed by atoms with Crippen LogP contribution in [0.2, 0.25) is 0 Å². The van der Waals surface area contributed by atoms with Gasteiger partial charge in [0.1, 0.15) is 11.9 Å². The fraction of sp³-hybridized carbons (Fsp3) is 0.435. The Hall–Kier alpha value is -3.00. The molecule has 7 nitrogen and oxygen atoms in total. The van der Waals surface area contributed by atoms with E-state index in [0.717, 1.165) is 11.1 Å². The molecule has 1 aromatic rings. The van der Waals surface area contributed by atoms with Gasteiger partial charge in [-0.3, -0.25) is 4.79 Å². The number of likely N-dealkylation sites (N-methyl/N-ethyl adjacent to an activating group) is 1. The maximum atomic E-state index is 14.2. The minimum atomic E-state index is -0.636. The largest absolute Gasteiger partial charge is 0.397 e. The molecule has 7 N–H and O–H groups in total. The van der Waals surface area contributed by atoms with Crippen LogP contribution in [0, 0.1) is 11.7 Å². The van der Waals surface area contributed by atoms with E-state index >= 15 is 0 Å². The predicted molar refractivity (Wildman–Crippen MR) is 124 cm³/mol. The van der Waals surface area contributed by atoms with Crippen LogP contribution in [-0.4, -0.2) is 38.6 Å². The number of carbonyl (C=O) groups excluding carboxylic acids is 1. The van der Waals surface area contributed by atoms with Gasteiger partial charge in [-0.05, 0) is 67.1 Å². The molecule has 0 bridgehead atoms. The van der Waals surface area contributed by atoms with Crippen molar-refractivity contribution in [2.45, 2.75) is 39.4 Å². The van der Waals surface area contributed by atoms with Crippen LogP contribution in [0.1, 0.15) is 31.9 Å². The molecule has 0 saturated heterocycles.